The van der Waals surface area contributed by atoms with Gasteiger partial charge in [0.05, 0.1) is 17.7 Å². The van der Waals surface area contributed by atoms with Gasteiger partial charge in [0.15, 0.2) is 0 Å². The van der Waals surface area contributed by atoms with Gasteiger partial charge in [0.25, 0.3) is 5.91 Å². The molecule has 6 heteroatoms. The van der Waals surface area contributed by atoms with Crippen molar-refractivity contribution in [3.63, 3.8) is 0 Å². The van der Waals surface area contributed by atoms with Gasteiger partial charge in [0.2, 0.25) is 0 Å². The largest absolute Gasteiger partial charge is 0.387 e. The predicted octanol–water partition coefficient (Wildman–Crippen LogP) is 0.282. The van der Waals surface area contributed by atoms with Gasteiger partial charge in [-0.25, -0.2) is 4.98 Å². The number of rotatable bonds is 3. The van der Waals surface area contributed by atoms with Gasteiger partial charge in [0.1, 0.15) is 5.69 Å². The van der Waals surface area contributed by atoms with Gasteiger partial charge in [0, 0.05) is 18.5 Å². The molecule has 1 aromatic heterocycles. The molecule has 1 N–H and O–H groups in total. The molecule has 0 unspecified atom stereocenters. The van der Waals surface area contributed by atoms with Gasteiger partial charge < -0.3 is 14.9 Å². The number of thiazole rings is 1. The Bertz CT molecular complexity index is 393. The minimum atomic E-state index is -0.783. The minimum absolute atomic E-state index is 0.0825. The average Bonchev–Trinajstić information content (AvgIpc) is 2.85. The van der Waals surface area contributed by atoms with Crippen LogP contribution in [0.2, 0.25) is 0 Å². The molecule has 5 nitrogen and oxygen atoms in total. The lowest BCUT2D eigenvalue weighted by Gasteiger charge is -2.26. The summed E-state index contributed by atoms with van der Waals surface area (Å²) >= 11 is 1.41. The van der Waals surface area contributed by atoms with Crippen LogP contribution in [-0.4, -0.2) is 65.1 Å². The summed E-state index contributed by atoms with van der Waals surface area (Å²) in [6, 6.07) is 0. The lowest BCUT2D eigenvalue weighted by Crippen LogP contribution is -2.43. The molecule has 1 fully saturated rings. The van der Waals surface area contributed by atoms with Crippen LogP contribution < -0.4 is 0 Å². The summed E-state index contributed by atoms with van der Waals surface area (Å²) in [7, 11) is 3.84. The highest BCUT2D eigenvalue weighted by Gasteiger charge is 2.39. The normalized spacial score (nSPS) is 24.6. The quantitative estimate of drug-likeness (QED) is 0.843. The van der Waals surface area contributed by atoms with Crippen LogP contribution in [0.15, 0.2) is 10.9 Å². The molecular formula is C11H17N3O2S. The Balaban J connectivity index is 2.00. The molecule has 2 rings (SSSR count). The van der Waals surface area contributed by atoms with Crippen molar-refractivity contribution in [3.05, 3.63) is 16.6 Å². The van der Waals surface area contributed by atoms with Crippen molar-refractivity contribution < 1.29 is 9.90 Å². The van der Waals surface area contributed by atoms with E-state index in [0.717, 1.165) is 0 Å². The van der Waals surface area contributed by atoms with Crippen LogP contribution >= 0.6 is 11.3 Å². The van der Waals surface area contributed by atoms with Crippen molar-refractivity contribution in [2.24, 2.45) is 0 Å². The highest BCUT2D eigenvalue weighted by atomic mass is 32.1. The number of amides is 1. The van der Waals surface area contributed by atoms with Crippen molar-refractivity contribution in [3.8, 4) is 0 Å². The summed E-state index contributed by atoms with van der Waals surface area (Å²) in [4.78, 5) is 19.7. The van der Waals surface area contributed by atoms with E-state index in [-0.39, 0.29) is 5.91 Å². The molecule has 0 bridgehead atoms. The molecule has 0 saturated carbocycles. The lowest BCUT2D eigenvalue weighted by atomic mass is 10.0. The fourth-order valence-corrected chi connectivity index (χ4v) is 2.75. The van der Waals surface area contributed by atoms with Gasteiger partial charge in [-0.05, 0) is 20.5 Å². The number of β-amino-alcohol motifs (C(OH)–C–C–N with tert-alkyl or cyclic N) is 1. The highest BCUT2D eigenvalue weighted by molar-refractivity contribution is 7.07. The van der Waals surface area contributed by atoms with E-state index in [2.05, 4.69) is 4.98 Å². The van der Waals surface area contributed by atoms with E-state index in [1.807, 2.05) is 19.0 Å². The number of hydrogen-bond donors (Lipinski definition) is 1. The van der Waals surface area contributed by atoms with Crippen LogP contribution in [0.25, 0.3) is 0 Å². The Labute approximate surface area is 105 Å². The molecule has 94 valence electrons. The Morgan fingerprint density at radius 3 is 3.06 bits per heavy atom. The molecular weight excluding hydrogens is 238 g/mol. The second-order valence-corrected chi connectivity index (χ2v) is 5.53. The molecule has 0 radical (unpaired) electrons. The first-order valence-electron chi connectivity index (χ1n) is 5.55. The number of aromatic nitrogens is 1. The van der Waals surface area contributed by atoms with Gasteiger partial charge in [-0.2, -0.15) is 0 Å². The maximum absolute atomic E-state index is 12.0. The third-order valence-corrected chi connectivity index (χ3v) is 3.47. The third-order valence-electron chi connectivity index (χ3n) is 2.88. The number of carbonyl (C=O) groups is 1. The molecule has 1 aromatic rings. The standard InChI is InChI=1S/C11H17N3O2S/c1-13(2)6-11(16)3-4-14(7-11)10(15)9-5-17-8-12-9/h5,8,16H,3-4,6-7H2,1-2H3/t11-/m1/s1. The van der Waals surface area contributed by atoms with Crippen molar-refractivity contribution in [2.45, 2.75) is 12.0 Å². The number of carbonyl (C=O) groups excluding carboxylic acids is 1. The fraction of sp³-hybridized carbons (Fsp3) is 0.636. The van der Waals surface area contributed by atoms with E-state index in [1.54, 1.807) is 15.8 Å². The van der Waals surface area contributed by atoms with Crippen molar-refractivity contribution in [1.29, 1.82) is 0 Å². The SMILES string of the molecule is CN(C)C[C@]1(O)CCN(C(=O)c2cscn2)C1. The first-order valence-corrected chi connectivity index (χ1v) is 6.49. The zero-order valence-corrected chi connectivity index (χ0v) is 10.9. The van der Waals surface area contributed by atoms with Crippen molar-refractivity contribution in [1.82, 2.24) is 14.8 Å². The molecule has 0 aromatic carbocycles. The van der Waals surface area contributed by atoms with Gasteiger partial charge in [-0.15, -0.1) is 11.3 Å². The van der Waals surface area contributed by atoms with Gasteiger partial charge in [-0.1, -0.05) is 0 Å². The van der Waals surface area contributed by atoms with Crippen molar-refractivity contribution >= 4 is 17.2 Å². The molecule has 0 spiro atoms. The third kappa shape index (κ3) is 2.83. The second kappa shape index (κ2) is 4.72. The summed E-state index contributed by atoms with van der Waals surface area (Å²) in [6.45, 7) is 1.57. The van der Waals surface area contributed by atoms with Crippen LogP contribution in [0.4, 0.5) is 0 Å². The smallest absolute Gasteiger partial charge is 0.273 e. The average molecular weight is 255 g/mol. The molecule has 1 aliphatic heterocycles. The molecule has 0 aliphatic carbocycles. The molecule has 1 amide bonds. The Hall–Kier alpha value is -0.980. The minimum Gasteiger partial charge on any atom is -0.387 e. The number of aliphatic hydroxyl groups is 1. The summed E-state index contributed by atoms with van der Waals surface area (Å²) in [5, 5.41) is 12.1. The summed E-state index contributed by atoms with van der Waals surface area (Å²) in [5.74, 6) is -0.0825. The van der Waals surface area contributed by atoms with Crippen molar-refractivity contribution in [2.75, 3.05) is 33.7 Å². The predicted molar refractivity (Wildman–Crippen MR) is 66.1 cm³/mol. The van der Waals surface area contributed by atoms with E-state index in [1.165, 1.54) is 11.3 Å². The first-order chi connectivity index (χ1) is 8.00. The summed E-state index contributed by atoms with van der Waals surface area (Å²) < 4.78 is 0. The molecule has 17 heavy (non-hydrogen) atoms. The number of likely N-dealkylation sites (N-methyl/N-ethyl adjacent to an activating group) is 1. The first kappa shape index (κ1) is 12.5. The maximum Gasteiger partial charge on any atom is 0.273 e. The van der Waals surface area contributed by atoms with E-state index >= 15 is 0 Å². The summed E-state index contributed by atoms with van der Waals surface area (Å²) in [5.41, 5.74) is 1.34. The monoisotopic (exact) mass is 255 g/mol. The topological polar surface area (TPSA) is 56.7 Å². The zero-order valence-electron chi connectivity index (χ0n) is 10.1. The van der Waals surface area contributed by atoms with E-state index < -0.39 is 5.60 Å². The fourth-order valence-electron chi connectivity index (χ4n) is 2.23. The van der Waals surface area contributed by atoms with E-state index in [4.69, 9.17) is 0 Å². The number of hydrogen-bond acceptors (Lipinski definition) is 5. The van der Waals surface area contributed by atoms with Crippen LogP contribution in [0, 0.1) is 0 Å². The van der Waals surface area contributed by atoms with Crippen LogP contribution in [0.5, 0.6) is 0 Å². The maximum atomic E-state index is 12.0. The second-order valence-electron chi connectivity index (χ2n) is 4.81. The lowest BCUT2D eigenvalue weighted by molar-refractivity contribution is 0.0235. The zero-order chi connectivity index (χ0) is 12.5. The Morgan fingerprint density at radius 1 is 1.71 bits per heavy atom. The van der Waals surface area contributed by atoms with Crippen LogP contribution in [0.1, 0.15) is 16.9 Å². The molecule has 1 atom stereocenters. The Kier molecular flexibility index (Phi) is 3.46. The van der Waals surface area contributed by atoms with Crippen LogP contribution in [0.3, 0.4) is 0 Å². The molecule has 2 heterocycles. The van der Waals surface area contributed by atoms with E-state index in [9.17, 15) is 9.90 Å². The van der Waals surface area contributed by atoms with Gasteiger partial charge in [-0.3, -0.25) is 4.79 Å². The molecule has 1 saturated heterocycles. The highest BCUT2D eigenvalue weighted by Crippen LogP contribution is 2.23. The van der Waals surface area contributed by atoms with Gasteiger partial charge >= 0.3 is 0 Å². The van der Waals surface area contributed by atoms with E-state index in [0.29, 0.717) is 31.7 Å². The summed E-state index contributed by atoms with van der Waals surface area (Å²) in [6.07, 6.45) is 0.626. The Morgan fingerprint density at radius 2 is 2.47 bits per heavy atom. The number of nitrogens with zero attached hydrogens (tertiary/aromatic N) is 3. The number of likely N-dealkylation sites (tertiary alicyclic amines) is 1. The molecule has 1 aliphatic rings. The van der Waals surface area contributed by atoms with Crippen LogP contribution in [-0.2, 0) is 0 Å².